The third-order valence-electron chi connectivity index (χ3n) is 4.01. The van der Waals surface area contributed by atoms with Gasteiger partial charge in [-0.1, -0.05) is 30.3 Å². The van der Waals surface area contributed by atoms with Gasteiger partial charge in [-0.25, -0.2) is 24.0 Å². The van der Waals surface area contributed by atoms with Gasteiger partial charge in [0.1, 0.15) is 25.7 Å². The van der Waals surface area contributed by atoms with Crippen molar-refractivity contribution in [2.45, 2.75) is 12.5 Å². The molecule has 5 N–H and O–H groups in total. The minimum Gasteiger partial charge on any atom is -0.370 e. The molecule has 1 aliphatic heterocycles. The van der Waals surface area contributed by atoms with Gasteiger partial charge in [0.05, 0.1) is 13.2 Å². The maximum absolute atomic E-state index is 11.9. The molecule has 1 heterocycles. The van der Waals surface area contributed by atoms with E-state index in [1.807, 2.05) is 30.3 Å². The Balaban J connectivity index is 1.79. The molecule has 1 saturated heterocycles. The summed E-state index contributed by atoms with van der Waals surface area (Å²) < 4.78 is 5.51. The van der Waals surface area contributed by atoms with Crippen LogP contribution in [0.5, 0.6) is 0 Å². The van der Waals surface area contributed by atoms with Crippen LogP contribution in [0.4, 0.5) is 4.79 Å². The van der Waals surface area contributed by atoms with E-state index in [-0.39, 0.29) is 11.0 Å². The number of hydrogen-bond acceptors (Lipinski definition) is 7. The van der Waals surface area contributed by atoms with Crippen molar-refractivity contribution in [1.82, 2.24) is 5.43 Å². The highest BCUT2D eigenvalue weighted by atomic mass is 17.2. The molecular formula is C16H25N4O5+. The van der Waals surface area contributed by atoms with E-state index < -0.39 is 18.1 Å². The number of hydrogen-bond donors (Lipinski definition) is 3. The quantitative estimate of drug-likeness (QED) is 0.356. The third kappa shape index (κ3) is 5.98. The number of quaternary nitrogens is 1. The number of nitrogens with two attached hydrogens (primary N) is 2. The first kappa shape index (κ1) is 19.1. The van der Waals surface area contributed by atoms with E-state index in [0.717, 1.165) is 5.56 Å². The third-order valence-corrected chi connectivity index (χ3v) is 4.01. The lowest BCUT2D eigenvalue weighted by atomic mass is 10.1. The predicted molar refractivity (Wildman–Crippen MR) is 88.6 cm³/mol. The molecule has 1 aromatic carbocycles. The molecule has 1 atom stereocenters. The number of amides is 1. The van der Waals surface area contributed by atoms with Crippen molar-refractivity contribution in [3.05, 3.63) is 35.9 Å². The van der Waals surface area contributed by atoms with Crippen molar-refractivity contribution in [1.29, 1.82) is 0 Å². The zero-order valence-corrected chi connectivity index (χ0v) is 14.1. The second-order valence-corrected chi connectivity index (χ2v) is 5.90. The van der Waals surface area contributed by atoms with Gasteiger partial charge in [0.25, 0.3) is 0 Å². The fourth-order valence-electron chi connectivity index (χ4n) is 2.64. The van der Waals surface area contributed by atoms with Crippen LogP contribution in [0.3, 0.4) is 0 Å². The molecule has 0 aromatic heterocycles. The zero-order valence-electron chi connectivity index (χ0n) is 14.1. The van der Waals surface area contributed by atoms with Gasteiger partial charge in [0, 0.05) is 6.54 Å². The lowest BCUT2D eigenvalue weighted by Crippen LogP contribution is -2.66. The highest BCUT2D eigenvalue weighted by Crippen LogP contribution is 2.08. The average Bonchev–Trinajstić information content (AvgIpc) is 2.61. The van der Waals surface area contributed by atoms with E-state index >= 15 is 0 Å². The Morgan fingerprint density at radius 2 is 1.88 bits per heavy atom. The van der Waals surface area contributed by atoms with Crippen LogP contribution < -0.4 is 16.9 Å². The molecule has 1 aliphatic rings. The van der Waals surface area contributed by atoms with Crippen molar-refractivity contribution < 1.29 is 28.7 Å². The van der Waals surface area contributed by atoms with Crippen LogP contribution in [0, 0.1) is 0 Å². The van der Waals surface area contributed by atoms with Crippen LogP contribution >= 0.6 is 0 Å². The van der Waals surface area contributed by atoms with Gasteiger partial charge in [-0.05, 0) is 12.0 Å². The fourth-order valence-corrected chi connectivity index (χ4v) is 2.64. The average molecular weight is 353 g/mol. The Labute approximate surface area is 146 Å². The van der Waals surface area contributed by atoms with Gasteiger partial charge in [-0.2, -0.15) is 5.43 Å². The van der Waals surface area contributed by atoms with Crippen molar-refractivity contribution in [3.8, 4) is 0 Å². The molecule has 0 aliphatic carbocycles. The van der Waals surface area contributed by atoms with Gasteiger partial charge < -0.3 is 16.2 Å². The predicted octanol–water partition coefficient (Wildman–Crippen LogP) is -0.538. The number of nitrogens with zero attached hydrogens (tertiary/aromatic N) is 1. The summed E-state index contributed by atoms with van der Waals surface area (Å²) in [5.74, 6) is -0.814. The van der Waals surface area contributed by atoms with E-state index in [4.69, 9.17) is 16.2 Å². The Bertz CT molecular complexity index is 557. The maximum atomic E-state index is 11.9. The van der Waals surface area contributed by atoms with Crippen molar-refractivity contribution in [3.63, 3.8) is 0 Å². The first-order valence-electron chi connectivity index (χ1n) is 8.19. The first-order valence-corrected chi connectivity index (χ1v) is 8.19. The lowest BCUT2D eigenvalue weighted by Gasteiger charge is -2.38. The van der Waals surface area contributed by atoms with Crippen LogP contribution in [0.15, 0.2) is 30.3 Å². The summed E-state index contributed by atoms with van der Waals surface area (Å²) in [5, 5.41) is 0. The van der Waals surface area contributed by atoms with Crippen LogP contribution in [0.2, 0.25) is 0 Å². The molecule has 1 aromatic rings. The number of rotatable bonds is 6. The van der Waals surface area contributed by atoms with Crippen molar-refractivity contribution in [2.24, 2.45) is 11.5 Å². The van der Waals surface area contributed by atoms with E-state index in [1.54, 1.807) is 0 Å². The molecule has 1 amide bonds. The molecule has 9 heteroatoms. The number of carbonyl (C=O) groups is 2. The molecule has 2 rings (SSSR count). The van der Waals surface area contributed by atoms with Crippen molar-refractivity contribution >= 4 is 12.1 Å². The summed E-state index contributed by atoms with van der Waals surface area (Å²) in [6.07, 6.45) is -0.578. The number of nitrogens with one attached hydrogen (secondary N) is 1. The Hall–Kier alpha value is -2.20. The normalized spacial score (nSPS) is 17.4. The van der Waals surface area contributed by atoms with Gasteiger partial charge in [0.2, 0.25) is 0 Å². The van der Waals surface area contributed by atoms with E-state index in [0.29, 0.717) is 39.4 Å². The SMILES string of the molecule is NCC[N+]1(NC(=O)OOC(=O)[C@@H](N)Cc2ccccc2)CCOCC1. The molecule has 0 spiro atoms. The Morgan fingerprint density at radius 3 is 2.52 bits per heavy atom. The highest BCUT2D eigenvalue weighted by Gasteiger charge is 2.34. The molecule has 0 saturated carbocycles. The van der Waals surface area contributed by atoms with Gasteiger partial charge in [-0.15, -0.1) is 0 Å². The number of morpholine rings is 1. The summed E-state index contributed by atoms with van der Waals surface area (Å²) in [6, 6.07) is 8.33. The van der Waals surface area contributed by atoms with Gasteiger partial charge >= 0.3 is 12.1 Å². The monoisotopic (exact) mass is 353 g/mol. The van der Waals surface area contributed by atoms with Crippen LogP contribution in [-0.2, 0) is 25.7 Å². The standard InChI is InChI=1S/C16H24N4O5/c17-6-7-20(8-10-23-11-9-20)19-16(22)25-24-15(21)14(18)12-13-4-2-1-3-5-13/h1-5,14H,6-12,17-18H2/p+1/t14-/m0/s1. The van der Waals surface area contributed by atoms with E-state index in [9.17, 15) is 9.59 Å². The number of carbonyl (C=O) groups excluding carboxylic acids is 2. The summed E-state index contributed by atoms with van der Waals surface area (Å²) in [4.78, 5) is 32.9. The fraction of sp³-hybridized carbons (Fsp3) is 0.500. The molecule has 138 valence electrons. The van der Waals surface area contributed by atoms with Crippen molar-refractivity contribution in [2.75, 3.05) is 39.4 Å². The summed E-state index contributed by atoms with van der Waals surface area (Å²) in [5.41, 5.74) is 14.9. The van der Waals surface area contributed by atoms with Gasteiger partial charge in [0.15, 0.2) is 0 Å². The summed E-state index contributed by atoms with van der Waals surface area (Å²) >= 11 is 0. The first-order chi connectivity index (χ1) is 12.0. The highest BCUT2D eigenvalue weighted by molar-refractivity contribution is 5.76. The van der Waals surface area contributed by atoms with Crippen LogP contribution in [0.25, 0.3) is 0 Å². The second-order valence-electron chi connectivity index (χ2n) is 5.90. The minimum absolute atomic E-state index is 0.225. The van der Waals surface area contributed by atoms with Crippen LogP contribution in [-0.4, -0.2) is 62.1 Å². The zero-order chi connectivity index (χ0) is 18.1. The van der Waals surface area contributed by atoms with E-state index in [1.165, 1.54) is 0 Å². The van der Waals surface area contributed by atoms with Crippen LogP contribution in [0.1, 0.15) is 5.56 Å². The lowest BCUT2D eigenvalue weighted by molar-refractivity contribution is -0.967. The Morgan fingerprint density at radius 1 is 1.20 bits per heavy atom. The van der Waals surface area contributed by atoms with Gasteiger partial charge in [-0.3, -0.25) is 0 Å². The molecule has 1 fully saturated rings. The molecule has 9 nitrogen and oxygen atoms in total. The number of ether oxygens (including phenoxy) is 1. The molecule has 0 unspecified atom stereocenters. The minimum atomic E-state index is -0.925. The molecule has 0 radical (unpaired) electrons. The second kappa shape index (κ2) is 9.33. The van der Waals surface area contributed by atoms with E-state index in [2.05, 4.69) is 15.2 Å². The summed E-state index contributed by atoms with van der Waals surface area (Å²) in [7, 11) is 0. The topological polar surface area (TPSA) is 126 Å². The smallest absolute Gasteiger partial charge is 0.370 e. The molecule has 25 heavy (non-hydrogen) atoms. The maximum Gasteiger partial charge on any atom is 0.493 e. The molecular weight excluding hydrogens is 328 g/mol. The molecule has 0 bridgehead atoms. The Kier molecular flexibility index (Phi) is 7.14. The number of benzene rings is 1. The summed E-state index contributed by atoms with van der Waals surface area (Å²) in [6.45, 7) is 3.05. The largest absolute Gasteiger partial charge is 0.493 e.